The van der Waals surface area contributed by atoms with Crippen LogP contribution in [0.3, 0.4) is 0 Å². The zero-order valence-corrected chi connectivity index (χ0v) is 31.1. The van der Waals surface area contributed by atoms with Crippen molar-refractivity contribution in [2.45, 2.75) is 78.6 Å². The van der Waals surface area contributed by atoms with E-state index in [1.807, 2.05) is 0 Å². The van der Waals surface area contributed by atoms with E-state index in [2.05, 4.69) is 181 Å². The van der Waals surface area contributed by atoms with E-state index in [9.17, 15) is 5.11 Å². The van der Waals surface area contributed by atoms with Gasteiger partial charge in [0, 0.05) is 32.7 Å². The fourth-order valence-electron chi connectivity index (χ4n) is 7.39. The minimum atomic E-state index is -0.250. The molecule has 4 aromatic heterocycles. The van der Waals surface area contributed by atoms with Crippen LogP contribution in [0.1, 0.15) is 79.0 Å². The number of phenols is 1. The molecular weight excluding hydrogens is 625 g/mol. The zero-order valence-electron chi connectivity index (χ0n) is 31.1. The third kappa shape index (κ3) is 5.38. The molecule has 5 nitrogen and oxygen atoms in total. The van der Waals surface area contributed by atoms with E-state index >= 15 is 0 Å². The normalized spacial score (nSPS) is 12.9. The highest BCUT2D eigenvalue weighted by Crippen LogP contribution is 2.43. The Balaban J connectivity index is 1.45. The van der Waals surface area contributed by atoms with Gasteiger partial charge in [0.15, 0.2) is 0 Å². The Hall–Kier alpha value is -5.42. The lowest BCUT2D eigenvalue weighted by Crippen LogP contribution is -2.17. The van der Waals surface area contributed by atoms with Crippen LogP contribution in [0.25, 0.3) is 66.6 Å². The van der Waals surface area contributed by atoms with E-state index in [0.29, 0.717) is 0 Å². The molecule has 0 saturated heterocycles. The highest BCUT2D eigenvalue weighted by atomic mass is 16.3. The number of hydrogen-bond donors (Lipinski definition) is 1. The molecule has 0 spiro atoms. The first kappa shape index (κ1) is 32.8. The lowest BCUT2D eigenvalue weighted by atomic mass is 9.78. The summed E-state index contributed by atoms with van der Waals surface area (Å²) in [6.07, 6.45) is 0. The summed E-state index contributed by atoms with van der Waals surface area (Å²) in [5.74, 6) is 1.95. The number of rotatable bonds is 3. The van der Waals surface area contributed by atoms with Gasteiger partial charge in [0.05, 0.1) is 22.2 Å². The summed E-state index contributed by atoms with van der Waals surface area (Å²) in [5, 5.41) is 16.4. The van der Waals surface area contributed by atoms with Crippen molar-refractivity contribution in [1.29, 1.82) is 0 Å². The minimum Gasteiger partial charge on any atom is -0.507 e. The Morgan fingerprint density at radius 1 is 0.471 bits per heavy atom. The Morgan fingerprint density at radius 3 is 1.47 bits per heavy atom. The number of para-hydroxylation sites is 3. The summed E-state index contributed by atoms with van der Waals surface area (Å²) in [5.41, 5.74) is 8.31. The lowest BCUT2D eigenvalue weighted by molar-refractivity contribution is 0.446. The molecule has 0 bridgehead atoms. The van der Waals surface area contributed by atoms with Gasteiger partial charge in [-0.1, -0.05) is 123 Å². The van der Waals surface area contributed by atoms with Crippen LogP contribution in [-0.4, -0.2) is 24.2 Å². The number of pyridine rings is 2. The van der Waals surface area contributed by atoms with Crippen molar-refractivity contribution in [2.24, 2.45) is 0 Å². The molecule has 0 aliphatic heterocycles. The molecule has 0 atom stereocenters. The third-order valence-corrected chi connectivity index (χ3v) is 10.3. The van der Waals surface area contributed by atoms with Gasteiger partial charge in [-0.2, -0.15) is 0 Å². The maximum absolute atomic E-state index is 11.8. The SMILES string of the molecule is CC(C)(C)c1cc(-n2c3ccccc3c3ccccc32)nc(-n2c3ccccc3c3ccc(-c4cc(C(C)(C)C)cc(C(C)(C)C)c4O)nc32)c1. The largest absolute Gasteiger partial charge is 0.507 e. The molecule has 0 unspecified atom stereocenters. The van der Waals surface area contributed by atoms with Crippen molar-refractivity contribution < 1.29 is 5.11 Å². The molecule has 0 saturated carbocycles. The second kappa shape index (κ2) is 11.3. The van der Waals surface area contributed by atoms with Crippen molar-refractivity contribution in [3.63, 3.8) is 0 Å². The van der Waals surface area contributed by atoms with Gasteiger partial charge in [-0.25, -0.2) is 9.97 Å². The molecule has 0 radical (unpaired) electrons. The van der Waals surface area contributed by atoms with Gasteiger partial charge in [-0.3, -0.25) is 9.13 Å². The van der Waals surface area contributed by atoms with E-state index in [1.54, 1.807) is 0 Å². The molecule has 4 aromatic carbocycles. The summed E-state index contributed by atoms with van der Waals surface area (Å²) in [4.78, 5) is 10.9. The van der Waals surface area contributed by atoms with E-state index < -0.39 is 0 Å². The van der Waals surface area contributed by atoms with E-state index in [4.69, 9.17) is 9.97 Å². The highest BCUT2D eigenvalue weighted by molar-refractivity contribution is 6.10. The predicted molar refractivity (Wildman–Crippen MR) is 214 cm³/mol. The fourth-order valence-corrected chi connectivity index (χ4v) is 7.39. The van der Waals surface area contributed by atoms with Gasteiger partial charge in [0.2, 0.25) is 0 Å². The first-order chi connectivity index (χ1) is 24.1. The number of aromatic nitrogens is 4. The average molecular weight is 671 g/mol. The Morgan fingerprint density at radius 2 is 0.941 bits per heavy atom. The summed E-state index contributed by atoms with van der Waals surface area (Å²) in [7, 11) is 0. The molecule has 0 amide bonds. The number of aromatic hydroxyl groups is 1. The Bertz CT molecular complexity index is 2600. The smallest absolute Gasteiger partial charge is 0.147 e. The quantitative estimate of drug-likeness (QED) is 0.203. The lowest BCUT2D eigenvalue weighted by Gasteiger charge is -2.27. The van der Waals surface area contributed by atoms with Crippen LogP contribution in [0, 0.1) is 0 Å². The second-order valence-electron chi connectivity index (χ2n) is 17.0. The molecule has 256 valence electrons. The number of benzene rings is 4. The predicted octanol–water partition coefficient (Wildman–Crippen LogP) is 11.9. The van der Waals surface area contributed by atoms with Crippen LogP contribution in [0.4, 0.5) is 0 Å². The Labute approximate surface area is 300 Å². The van der Waals surface area contributed by atoms with Crippen LogP contribution >= 0.6 is 0 Å². The van der Waals surface area contributed by atoms with E-state index in [-0.39, 0.29) is 22.0 Å². The van der Waals surface area contributed by atoms with Gasteiger partial charge in [0.25, 0.3) is 0 Å². The summed E-state index contributed by atoms with van der Waals surface area (Å²) in [6, 6.07) is 38.5. The van der Waals surface area contributed by atoms with Crippen molar-refractivity contribution in [2.75, 3.05) is 0 Å². The molecule has 51 heavy (non-hydrogen) atoms. The van der Waals surface area contributed by atoms with Crippen LogP contribution in [-0.2, 0) is 16.2 Å². The van der Waals surface area contributed by atoms with Gasteiger partial charge in [-0.05, 0) is 75.9 Å². The van der Waals surface area contributed by atoms with Gasteiger partial charge >= 0.3 is 0 Å². The highest BCUT2D eigenvalue weighted by Gasteiger charge is 2.27. The van der Waals surface area contributed by atoms with Gasteiger partial charge in [0.1, 0.15) is 23.0 Å². The molecule has 8 aromatic rings. The van der Waals surface area contributed by atoms with Crippen molar-refractivity contribution in [1.82, 2.24) is 19.1 Å². The third-order valence-electron chi connectivity index (χ3n) is 10.3. The van der Waals surface area contributed by atoms with Crippen molar-refractivity contribution >= 4 is 43.7 Å². The first-order valence-electron chi connectivity index (χ1n) is 17.9. The number of hydrogen-bond acceptors (Lipinski definition) is 3. The second-order valence-corrected chi connectivity index (χ2v) is 17.0. The van der Waals surface area contributed by atoms with Crippen molar-refractivity contribution in [3.05, 3.63) is 126 Å². The molecule has 5 heteroatoms. The maximum Gasteiger partial charge on any atom is 0.147 e. The first-order valence-corrected chi connectivity index (χ1v) is 17.9. The van der Waals surface area contributed by atoms with E-state index in [0.717, 1.165) is 67.0 Å². The monoisotopic (exact) mass is 670 g/mol. The minimum absolute atomic E-state index is 0.109. The molecule has 1 N–H and O–H groups in total. The van der Waals surface area contributed by atoms with Gasteiger partial charge < -0.3 is 5.11 Å². The average Bonchev–Trinajstić information content (AvgIpc) is 3.59. The molecule has 4 heterocycles. The van der Waals surface area contributed by atoms with Crippen LogP contribution in [0.15, 0.2) is 109 Å². The molecule has 0 aliphatic rings. The van der Waals surface area contributed by atoms with Crippen LogP contribution in [0.5, 0.6) is 5.75 Å². The van der Waals surface area contributed by atoms with Crippen LogP contribution < -0.4 is 0 Å². The molecule has 0 fully saturated rings. The number of fused-ring (bicyclic) bond motifs is 6. The number of phenolic OH excluding ortho intramolecular Hbond substituents is 1. The maximum atomic E-state index is 11.8. The Kier molecular flexibility index (Phi) is 7.26. The van der Waals surface area contributed by atoms with E-state index in [1.165, 1.54) is 16.3 Å². The van der Waals surface area contributed by atoms with Gasteiger partial charge in [-0.15, -0.1) is 0 Å². The molecular formula is C46H46N4O. The van der Waals surface area contributed by atoms with Crippen molar-refractivity contribution in [3.8, 4) is 28.6 Å². The topological polar surface area (TPSA) is 55.9 Å². The molecule has 0 aliphatic carbocycles. The summed E-state index contributed by atoms with van der Waals surface area (Å²) < 4.78 is 4.50. The fraction of sp³-hybridized carbons (Fsp3) is 0.261. The molecule has 8 rings (SSSR count). The number of nitrogens with zero attached hydrogens (tertiary/aromatic N) is 4. The summed E-state index contributed by atoms with van der Waals surface area (Å²) in [6.45, 7) is 19.8. The standard InChI is InChI=1S/C46H46N4O/c1-44(2,3)28-24-34(42(51)35(25-28)46(7,8)9)36-23-22-33-32-18-12-15-21-39(32)50(43(33)47-36)41-27-29(45(4,5)6)26-40(48-41)49-37-19-13-10-16-30(37)31-17-11-14-20-38(31)49/h10-27,51H,1-9H3. The zero-order chi connectivity index (χ0) is 36.0. The summed E-state index contributed by atoms with van der Waals surface area (Å²) >= 11 is 0. The van der Waals surface area contributed by atoms with Crippen LogP contribution in [0.2, 0.25) is 0 Å².